The highest BCUT2D eigenvalue weighted by Crippen LogP contribution is 2.16. The minimum Gasteiger partial charge on any atom is -0.378 e. The van der Waals surface area contributed by atoms with E-state index in [0.29, 0.717) is 18.8 Å². The molecule has 0 saturated carbocycles. The number of hydroxylamine groups is 1. The number of ether oxygens (including phenoxy) is 1. The fraction of sp³-hybridized carbons (Fsp3) is 0.571. The van der Waals surface area contributed by atoms with Gasteiger partial charge in [-0.15, -0.1) is 0 Å². The molecule has 17 heavy (non-hydrogen) atoms. The third-order valence-corrected chi connectivity index (χ3v) is 3.15. The molecule has 94 valence electrons. The third-order valence-electron chi connectivity index (χ3n) is 3.15. The molecule has 2 atom stereocenters. The van der Waals surface area contributed by atoms with Crippen LogP contribution in [0.15, 0.2) is 30.3 Å². The maximum absolute atomic E-state index is 5.63. The summed E-state index contributed by atoms with van der Waals surface area (Å²) in [4.78, 5) is 5.55. The van der Waals surface area contributed by atoms with Crippen LogP contribution in [-0.4, -0.2) is 18.8 Å². The summed E-state index contributed by atoms with van der Waals surface area (Å²) in [5.74, 6) is 0. The average Bonchev–Trinajstić information content (AvgIpc) is 2.40. The highest BCUT2D eigenvalue weighted by molar-refractivity contribution is 5.13. The highest BCUT2D eigenvalue weighted by atomic mass is 16.6. The number of hydrogen-bond acceptors (Lipinski definition) is 3. The monoisotopic (exact) mass is 235 g/mol. The van der Waals surface area contributed by atoms with Gasteiger partial charge in [-0.3, -0.25) is 4.84 Å². The molecule has 1 N–H and O–H groups in total. The maximum atomic E-state index is 5.63. The van der Waals surface area contributed by atoms with E-state index >= 15 is 0 Å². The first-order chi connectivity index (χ1) is 8.38. The summed E-state index contributed by atoms with van der Waals surface area (Å²) < 4.78 is 5.63. The zero-order valence-electron chi connectivity index (χ0n) is 10.4. The fourth-order valence-electron chi connectivity index (χ4n) is 2.09. The molecule has 2 rings (SSSR count). The molecule has 1 aromatic carbocycles. The predicted octanol–water partition coefficient (Wildman–Crippen LogP) is 2.67. The van der Waals surface area contributed by atoms with Crippen molar-refractivity contribution in [2.45, 2.75) is 44.9 Å². The zero-order chi connectivity index (χ0) is 11.9. The van der Waals surface area contributed by atoms with Crippen LogP contribution in [0.4, 0.5) is 0 Å². The second-order valence-corrected chi connectivity index (χ2v) is 4.51. The van der Waals surface area contributed by atoms with E-state index in [0.717, 1.165) is 25.9 Å². The molecule has 0 amide bonds. The fourth-order valence-corrected chi connectivity index (χ4v) is 2.09. The van der Waals surface area contributed by atoms with Crippen LogP contribution in [0.1, 0.15) is 31.7 Å². The van der Waals surface area contributed by atoms with Crippen LogP contribution in [0.25, 0.3) is 0 Å². The molecule has 1 heterocycles. The quantitative estimate of drug-likeness (QED) is 0.796. The summed E-state index contributed by atoms with van der Waals surface area (Å²) in [5.41, 5.74) is 4.35. The zero-order valence-corrected chi connectivity index (χ0v) is 10.4. The minimum atomic E-state index is 0.390. The van der Waals surface area contributed by atoms with Gasteiger partial charge < -0.3 is 4.74 Å². The number of nitrogens with one attached hydrogen (secondary N) is 1. The molecule has 1 aliphatic rings. The topological polar surface area (TPSA) is 30.5 Å². The first kappa shape index (κ1) is 12.6. The van der Waals surface area contributed by atoms with E-state index in [1.165, 1.54) is 5.56 Å². The van der Waals surface area contributed by atoms with Crippen LogP contribution >= 0.6 is 0 Å². The molecule has 1 fully saturated rings. The van der Waals surface area contributed by atoms with Crippen molar-refractivity contribution in [2.75, 3.05) is 6.61 Å². The van der Waals surface area contributed by atoms with Gasteiger partial charge in [-0.1, -0.05) is 37.3 Å². The molecule has 3 nitrogen and oxygen atoms in total. The van der Waals surface area contributed by atoms with Crippen LogP contribution in [-0.2, 0) is 16.2 Å². The Kier molecular flexibility index (Phi) is 4.98. The Bertz CT molecular complexity index is 315. The largest absolute Gasteiger partial charge is 0.378 e. The molecule has 2 unspecified atom stereocenters. The molecule has 3 heteroatoms. The van der Waals surface area contributed by atoms with Gasteiger partial charge in [-0.25, -0.2) is 0 Å². The van der Waals surface area contributed by atoms with Gasteiger partial charge in [0.15, 0.2) is 0 Å². The van der Waals surface area contributed by atoms with Crippen molar-refractivity contribution in [1.29, 1.82) is 0 Å². The Morgan fingerprint density at radius 2 is 2.18 bits per heavy atom. The van der Waals surface area contributed by atoms with Crippen molar-refractivity contribution in [3.63, 3.8) is 0 Å². The van der Waals surface area contributed by atoms with E-state index in [9.17, 15) is 0 Å². The van der Waals surface area contributed by atoms with Crippen LogP contribution in [0.3, 0.4) is 0 Å². The van der Waals surface area contributed by atoms with E-state index in [2.05, 4.69) is 24.5 Å². The summed E-state index contributed by atoms with van der Waals surface area (Å²) in [6.45, 7) is 3.62. The molecule has 0 aliphatic carbocycles. The van der Waals surface area contributed by atoms with E-state index in [4.69, 9.17) is 9.57 Å². The lowest BCUT2D eigenvalue weighted by Gasteiger charge is -2.29. The van der Waals surface area contributed by atoms with Crippen molar-refractivity contribution in [2.24, 2.45) is 0 Å². The van der Waals surface area contributed by atoms with E-state index in [-0.39, 0.29) is 0 Å². The Balaban J connectivity index is 1.68. The van der Waals surface area contributed by atoms with Gasteiger partial charge in [-0.05, 0) is 24.8 Å². The lowest BCUT2D eigenvalue weighted by atomic mass is 10.0. The van der Waals surface area contributed by atoms with Gasteiger partial charge in [0.1, 0.15) is 0 Å². The molecule has 1 aliphatic heterocycles. The molecule has 0 radical (unpaired) electrons. The van der Waals surface area contributed by atoms with Gasteiger partial charge in [0, 0.05) is 12.6 Å². The van der Waals surface area contributed by atoms with Gasteiger partial charge >= 0.3 is 0 Å². The first-order valence-corrected chi connectivity index (χ1v) is 6.41. The van der Waals surface area contributed by atoms with Crippen molar-refractivity contribution < 1.29 is 9.57 Å². The van der Waals surface area contributed by atoms with Crippen LogP contribution in [0.5, 0.6) is 0 Å². The molecule has 0 spiro atoms. The van der Waals surface area contributed by atoms with Gasteiger partial charge in [-0.2, -0.15) is 5.48 Å². The summed E-state index contributed by atoms with van der Waals surface area (Å²) in [7, 11) is 0. The normalized spacial score (nSPS) is 24.8. The summed E-state index contributed by atoms with van der Waals surface area (Å²) in [5, 5.41) is 0. The summed E-state index contributed by atoms with van der Waals surface area (Å²) in [6, 6.07) is 10.6. The molecule has 0 bridgehead atoms. The Morgan fingerprint density at radius 3 is 2.94 bits per heavy atom. The van der Waals surface area contributed by atoms with Crippen LogP contribution in [0, 0.1) is 0 Å². The lowest BCUT2D eigenvalue weighted by molar-refractivity contribution is -0.0582. The minimum absolute atomic E-state index is 0.390. The van der Waals surface area contributed by atoms with Gasteiger partial charge in [0.25, 0.3) is 0 Å². The van der Waals surface area contributed by atoms with E-state index < -0.39 is 0 Å². The molecular formula is C14H21NO2. The lowest BCUT2D eigenvalue weighted by Crippen LogP contribution is -2.38. The predicted molar refractivity (Wildman–Crippen MR) is 67.4 cm³/mol. The third kappa shape index (κ3) is 4.11. The number of benzene rings is 1. The first-order valence-electron chi connectivity index (χ1n) is 6.41. The van der Waals surface area contributed by atoms with Crippen LogP contribution in [0.2, 0.25) is 0 Å². The van der Waals surface area contributed by atoms with E-state index in [1.54, 1.807) is 0 Å². The SMILES string of the molecule is CCC1CC(NOCc2ccccc2)CCO1. The Morgan fingerprint density at radius 1 is 1.35 bits per heavy atom. The van der Waals surface area contributed by atoms with Crippen molar-refractivity contribution in [3.05, 3.63) is 35.9 Å². The Hall–Kier alpha value is -0.900. The second-order valence-electron chi connectivity index (χ2n) is 4.51. The molecule has 0 aromatic heterocycles. The van der Waals surface area contributed by atoms with Gasteiger partial charge in [0.05, 0.1) is 12.7 Å². The number of hydrogen-bond donors (Lipinski definition) is 1. The average molecular weight is 235 g/mol. The summed E-state index contributed by atoms with van der Waals surface area (Å²) in [6.07, 6.45) is 3.55. The standard InChI is InChI=1S/C14H21NO2/c1-2-14-10-13(8-9-16-14)15-17-11-12-6-4-3-5-7-12/h3-7,13-15H,2,8-11H2,1H3. The van der Waals surface area contributed by atoms with Gasteiger partial charge in [0.2, 0.25) is 0 Å². The molecule has 1 aromatic rings. The summed E-state index contributed by atoms with van der Waals surface area (Å²) >= 11 is 0. The maximum Gasteiger partial charge on any atom is 0.0933 e. The second kappa shape index (κ2) is 6.74. The Labute approximate surface area is 103 Å². The highest BCUT2D eigenvalue weighted by Gasteiger charge is 2.20. The molecular weight excluding hydrogens is 214 g/mol. The van der Waals surface area contributed by atoms with Crippen molar-refractivity contribution in [1.82, 2.24) is 5.48 Å². The van der Waals surface area contributed by atoms with E-state index in [1.807, 2.05) is 18.2 Å². The van der Waals surface area contributed by atoms with Crippen LogP contribution < -0.4 is 5.48 Å². The molecule has 1 saturated heterocycles. The van der Waals surface area contributed by atoms with Crippen molar-refractivity contribution in [3.8, 4) is 0 Å². The number of rotatable bonds is 5. The van der Waals surface area contributed by atoms with Crippen molar-refractivity contribution >= 4 is 0 Å². The smallest absolute Gasteiger partial charge is 0.0933 e.